The number of amides is 1. The molecule has 5 nitrogen and oxygen atoms in total. The number of carbonyl (C=O) groups is 2. The van der Waals surface area contributed by atoms with E-state index < -0.39 is 5.97 Å². The third-order valence-corrected chi connectivity index (χ3v) is 2.50. The number of carbonyl (C=O) groups excluding carboxylic acids is 1. The van der Waals surface area contributed by atoms with Crippen molar-refractivity contribution in [3.63, 3.8) is 0 Å². The third-order valence-electron chi connectivity index (χ3n) is 2.50. The molecule has 0 spiro atoms. The Bertz CT molecular complexity index is 457. The fraction of sp³-hybridized carbons (Fsp3) is 0.467. The quantitative estimate of drug-likeness (QED) is 0.767. The molecule has 1 rings (SSSR count). The number of carboxylic acids is 1. The van der Waals surface area contributed by atoms with Crippen molar-refractivity contribution in [2.24, 2.45) is 5.92 Å². The summed E-state index contributed by atoms with van der Waals surface area (Å²) in [5, 5.41) is 11.2. The fourth-order valence-corrected chi connectivity index (χ4v) is 1.55. The molecule has 5 heteroatoms. The van der Waals surface area contributed by atoms with Gasteiger partial charge >= 0.3 is 5.97 Å². The molecule has 110 valence electrons. The monoisotopic (exact) mass is 279 g/mol. The molecule has 0 atom stereocenters. The Morgan fingerprint density at radius 1 is 1.30 bits per heavy atom. The lowest BCUT2D eigenvalue weighted by molar-refractivity contribution is -0.137. The summed E-state index contributed by atoms with van der Waals surface area (Å²) in [6, 6.07) is 7.18. The first-order valence-electron chi connectivity index (χ1n) is 6.72. The van der Waals surface area contributed by atoms with Crippen LogP contribution in [0.4, 0.5) is 5.69 Å². The van der Waals surface area contributed by atoms with E-state index in [1.807, 2.05) is 12.1 Å². The summed E-state index contributed by atoms with van der Waals surface area (Å²) in [5.41, 5.74) is 0.659. The second-order valence-corrected chi connectivity index (χ2v) is 5.03. The first-order valence-corrected chi connectivity index (χ1v) is 6.72. The largest absolute Gasteiger partial charge is 0.493 e. The predicted octanol–water partition coefficient (Wildman–Crippen LogP) is 2.91. The molecule has 0 unspecified atom stereocenters. The van der Waals surface area contributed by atoms with Gasteiger partial charge < -0.3 is 15.2 Å². The Hall–Kier alpha value is -2.04. The number of nitrogens with one attached hydrogen (secondary N) is 1. The molecule has 0 radical (unpaired) electrons. The Labute approximate surface area is 118 Å². The molecule has 0 aliphatic carbocycles. The highest BCUT2D eigenvalue weighted by Gasteiger charge is 2.05. The van der Waals surface area contributed by atoms with Gasteiger partial charge in [-0.1, -0.05) is 19.9 Å². The molecule has 2 N–H and O–H groups in total. The van der Waals surface area contributed by atoms with Gasteiger partial charge in [0.2, 0.25) is 5.91 Å². The molecule has 0 aromatic heterocycles. The maximum atomic E-state index is 11.6. The van der Waals surface area contributed by atoms with Crippen LogP contribution in [-0.2, 0) is 9.59 Å². The van der Waals surface area contributed by atoms with Gasteiger partial charge in [0.15, 0.2) is 0 Å². The van der Waals surface area contributed by atoms with Crippen LogP contribution in [0.3, 0.4) is 0 Å². The zero-order valence-electron chi connectivity index (χ0n) is 11.9. The van der Waals surface area contributed by atoms with Crippen molar-refractivity contribution < 1.29 is 19.4 Å². The maximum Gasteiger partial charge on any atom is 0.303 e. The van der Waals surface area contributed by atoms with Gasteiger partial charge in [0.05, 0.1) is 6.61 Å². The van der Waals surface area contributed by atoms with Crippen LogP contribution in [0.1, 0.15) is 33.1 Å². The average molecular weight is 279 g/mol. The lowest BCUT2D eigenvalue weighted by Crippen LogP contribution is -2.12. The minimum Gasteiger partial charge on any atom is -0.493 e. The van der Waals surface area contributed by atoms with Crippen molar-refractivity contribution in [3.05, 3.63) is 24.3 Å². The molecule has 1 aromatic rings. The Balaban J connectivity index is 2.44. The lowest BCUT2D eigenvalue weighted by Gasteiger charge is -2.10. The van der Waals surface area contributed by atoms with E-state index in [0.29, 0.717) is 30.4 Å². The summed E-state index contributed by atoms with van der Waals surface area (Å²) < 4.78 is 5.57. The smallest absolute Gasteiger partial charge is 0.303 e. The normalized spacial score (nSPS) is 10.3. The molecule has 0 fully saturated rings. The summed E-state index contributed by atoms with van der Waals surface area (Å²) in [6.07, 6.45) is 0.541. The van der Waals surface area contributed by atoms with Gasteiger partial charge in [-0.15, -0.1) is 0 Å². The van der Waals surface area contributed by atoms with Gasteiger partial charge in [-0.3, -0.25) is 9.59 Å². The minimum absolute atomic E-state index is 0.00492. The van der Waals surface area contributed by atoms with Crippen molar-refractivity contribution in [1.29, 1.82) is 0 Å². The number of ether oxygens (including phenoxy) is 1. The highest BCUT2D eigenvalue weighted by atomic mass is 16.5. The van der Waals surface area contributed by atoms with Crippen LogP contribution < -0.4 is 10.1 Å². The summed E-state index contributed by atoms with van der Waals surface area (Å²) in [5.74, 6) is 0.0699. The van der Waals surface area contributed by atoms with E-state index in [-0.39, 0.29) is 18.7 Å². The van der Waals surface area contributed by atoms with Crippen molar-refractivity contribution in [1.82, 2.24) is 0 Å². The number of hydrogen-bond acceptors (Lipinski definition) is 3. The zero-order valence-corrected chi connectivity index (χ0v) is 11.9. The number of aliphatic carboxylic acids is 1. The van der Waals surface area contributed by atoms with Gasteiger partial charge in [-0.05, 0) is 24.5 Å². The number of anilines is 1. The lowest BCUT2D eigenvalue weighted by atomic mass is 10.2. The van der Waals surface area contributed by atoms with Gasteiger partial charge in [-0.2, -0.15) is 0 Å². The Kier molecular flexibility index (Phi) is 6.56. The van der Waals surface area contributed by atoms with Crippen LogP contribution >= 0.6 is 0 Å². The summed E-state index contributed by atoms with van der Waals surface area (Å²) in [6.45, 7) is 4.75. The van der Waals surface area contributed by atoms with Crippen LogP contribution in [0.5, 0.6) is 5.75 Å². The van der Waals surface area contributed by atoms with Crippen LogP contribution in [-0.4, -0.2) is 23.6 Å². The van der Waals surface area contributed by atoms with Gasteiger partial charge in [0.25, 0.3) is 0 Å². The first kappa shape index (κ1) is 16.0. The first-order chi connectivity index (χ1) is 9.47. The molecule has 20 heavy (non-hydrogen) atoms. The van der Waals surface area contributed by atoms with E-state index in [9.17, 15) is 9.59 Å². The van der Waals surface area contributed by atoms with Crippen LogP contribution in [0.15, 0.2) is 24.3 Å². The minimum atomic E-state index is -0.887. The highest BCUT2D eigenvalue weighted by molar-refractivity contribution is 5.91. The SMILES string of the molecule is CC(C)COc1cccc(NC(=O)CCCC(=O)O)c1. The topological polar surface area (TPSA) is 75.6 Å². The molecule has 1 amide bonds. The number of carboxylic acid groups (broad SMARTS) is 1. The van der Waals surface area contributed by atoms with Gasteiger partial charge in [-0.25, -0.2) is 0 Å². The van der Waals surface area contributed by atoms with Crippen molar-refractivity contribution >= 4 is 17.6 Å². The molecule has 0 saturated heterocycles. The zero-order chi connectivity index (χ0) is 15.0. The summed E-state index contributed by atoms with van der Waals surface area (Å²) in [4.78, 5) is 22.0. The van der Waals surface area contributed by atoms with Crippen LogP contribution in [0.2, 0.25) is 0 Å². The molecule has 0 aliphatic heterocycles. The second-order valence-electron chi connectivity index (χ2n) is 5.03. The second kappa shape index (κ2) is 8.19. The van der Waals surface area contributed by atoms with E-state index in [1.165, 1.54) is 0 Å². The molecule has 1 aromatic carbocycles. The average Bonchev–Trinajstić information content (AvgIpc) is 2.36. The van der Waals surface area contributed by atoms with E-state index in [4.69, 9.17) is 9.84 Å². The third kappa shape index (κ3) is 6.78. The predicted molar refractivity (Wildman–Crippen MR) is 76.9 cm³/mol. The molecule has 0 heterocycles. The van der Waals surface area contributed by atoms with Crippen LogP contribution in [0.25, 0.3) is 0 Å². The van der Waals surface area contributed by atoms with Crippen molar-refractivity contribution in [2.45, 2.75) is 33.1 Å². The summed E-state index contributed by atoms with van der Waals surface area (Å²) in [7, 11) is 0. The molecular weight excluding hydrogens is 258 g/mol. The standard InChI is InChI=1S/C15H21NO4/c1-11(2)10-20-13-6-3-5-12(9-13)16-14(17)7-4-8-15(18)19/h3,5-6,9,11H,4,7-8,10H2,1-2H3,(H,16,17)(H,18,19). The fourth-order valence-electron chi connectivity index (χ4n) is 1.55. The van der Waals surface area contributed by atoms with Gasteiger partial charge in [0, 0.05) is 24.6 Å². The van der Waals surface area contributed by atoms with E-state index in [1.54, 1.807) is 12.1 Å². The van der Waals surface area contributed by atoms with E-state index in [2.05, 4.69) is 19.2 Å². The number of benzene rings is 1. The summed E-state index contributed by atoms with van der Waals surface area (Å²) >= 11 is 0. The highest BCUT2D eigenvalue weighted by Crippen LogP contribution is 2.18. The Morgan fingerprint density at radius 2 is 2.05 bits per heavy atom. The van der Waals surface area contributed by atoms with Crippen LogP contribution in [0, 0.1) is 5.92 Å². The van der Waals surface area contributed by atoms with E-state index in [0.717, 1.165) is 0 Å². The molecular formula is C15H21NO4. The molecule has 0 bridgehead atoms. The number of rotatable bonds is 8. The molecule has 0 saturated carbocycles. The number of hydrogen-bond donors (Lipinski definition) is 2. The van der Waals surface area contributed by atoms with Crippen molar-refractivity contribution in [2.75, 3.05) is 11.9 Å². The Morgan fingerprint density at radius 3 is 2.70 bits per heavy atom. The van der Waals surface area contributed by atoms with Gasteiger partial charge in [0.1, 0.15) is 5.75 Å². The maximum absolute atomic E-state index is 11.6. The van der Waals surface area contributed by atoms with E-state index >= 15 is 0 Å². The molecule has 0 aliphatic rings. The van der Waals surface area contributed by atoms with Crippen molar-refractivity contribution in [3.8, 4) is 5.75 Å².